The fourth-order valence-electron chi connectivity index (χ4n) is 3.50. The Morgan fingerprint density at radius 2 is 1.83 bits per heavy atom. The number of aliphatic hydroxyl groups excluding tert-OH is 1. The first-order valence-electron chi connectivity index (χ1n) is 9.93. The Morgan fingerprint density at radius 1 is 1.14 bits per heavy atom. The highest BCUT2D eigenvalue weighted by atomic mass is 35.5. The van der Waals surface area contributed by atoms with Crippen molar-refractivity contribution in [1.29, 1.82) is 0 Å². The Morgan fingerprint density at radius 3 is 2.43 bits per heavy atom. The van der Waals surface area contributed by atoms with Crippen LogP contribution in [0.2, 0.25) is 10.0 Å². The Labute approximate surface area is 210 Å². The number of hydrogen-bond acceptors (Lipinski definition) is 6. The molecule has 7 nitrogen and oxygen atoms in total. The molecule has 13 heteroatoms. The van der Waals surface area contributed by atoms with E-state index in [1.54, 1.807) is 26.1 Å². The second-order valence-electron chi connectivity index (χ2n) is 7.50. The number of aryl methyl sites for hydroxylation is 2. The summed E-state index contributed by atoms with van der Waals surface area (Å²) in [6, 6.07) is 5.11. The zero-order valence-corrected chi connectivity index (χ0v) is 21.0. The highest BCUT2D eigenvalue weighted by Gasteiger charge is 2.37. The van der Waals surface area contributed by atoms with Crippen molar-refractivity contribution in [3.8, 4) is 0 Å². The molecule has 0 radical (unpaired) electrons. The molecular formula is C22H20Cl2F3N3O4S. The van der Waals surface area contributed by atoms with Crippen molar-refractivity contribution in [2.45, 2.75) is 31.0 Å². The zero-order chi connectivity index (χ0) is 26.1. The summed E-state index contributed by atoms with van der Waals surface area (Å²) >= 11 is 11.7. The van der Waals surface area contributed by atoms with Crippen LogP contribution < -0.4 is 4.31 Å². The summed E-state index contributed by atoms with van der Waals surface area (Å²) < 4.78 is 73.0. The first-order valence-corrected chi connectivity index (χ1v) is 12.1. The van der Waals surface area contributed by atoms with Gasteiger partial charge in [0.1, 0.15) is 12.8 Å². The average molecular weight is 550 g/mol. The SMILES string of the molecule is COCN(c1cc(Cl)cnc1C(O)c1c(C)ccnc1C)S(=O)(=O)c1ccc(Cl)c(C(F)(F)F)c1. The second-order valence-corrected chi connectivity index (χ2v) is 10.2. The van der Waals surface area contributed by atoms with Gasteiger partial charge in [0.25, 0.3) is 10.0 Å². The van der Waals surface area contributed by atoms with Crippen molar-refractivity contribution in [2.24, 2.45) is 0 Å². The van der Waals surface area contributed by atoms with E-state index in [0.29, 0.717) is 27.2 Å². The molecule has 2 aromatic heterocycles. The first-order chi connectivity index (χ1) is 16.3. The van der Waals surface area contributed by atoms with Gasteiger partial charge in [0.05, 0.1) is 31.9 Å². The van der Waals surface area contributed by atoms with E-state index in [1.165, 1.54) is 19.4 Å². The lowest BCUT2D eigenvalue weighted by molar-refractivity contribution is -0.137. The number of alkyl halides is 3. The molecule has 188 valence electrons. The number of pyridine rings is 2. The average Bonchev–Trinajstić information content (AvgIpc) is 2.76. The maximum atomic E-state index is 13.5. The molecule has 0 spiro atoms. The Balaban J connectivity index is 2.23. The van der Waals surface area contributed by atoms with Crippen LogP contribution >= 0.6 is 23.2 Å². The number of hydrogen-bond donors (Lipinski definition) is 1. The lowest BCUT2D eigenvalue weighted by atomic mass is 9.99. The summed E-state index contributed by atoms with van der Waals surface area (Å²) in [7, 11) is -3.46. The van der Waals surface area contributed by atoms with Crippen LogP contribution in [0.25, 0.3) is 0 Å². The summed E-state index contributed by atoms with van der Waals surface area (Å²) in [6.45, 7) is 2.79. The van der Waals surface area contributed by atoms with Crippen molar-refractivity contribution >= 4 is 38.9 Å². The number of halogens is 5. The van der Waals surface area contributed by atoms with Crippen LogP contribution in [0.5, 0.6) is 0 Å². The van der Waals surface area contributed by atoms with Crippen molar-refractivity contribution < 1.29 is 31.4 Å². The third-order valence-electron chi connectivity index (χ3n) is 5.15. The minimum Gasteiger partial charge on any atom is -0.382 e. The van der Waals surface area contributed by atoms with Crippen LogP contribution in [0, 0.1) is 13.8 Å². The van der Waals surface area contributed by atoms with Crippen molar-refractivity contribution in [1.82, 2.24) is 9.97 Å². The number of anilines is 1. The van der Waals surface area contributed by atoms with E-state index in [1.807, 2.05) is 0 Å². The predicted octanol–water partition coefficient (Wildman–Crippen LogP) is 5.30. The molecule has 0 saturated carbocycles. The minimum absolute atomic E-state index is 0.0268. The second kappa shape index (κ2) is 10.3. The maximum Gasteiger partial charge on any atom is 0.417 e. The Bertz CT molecular complexity index is 1330. The van der Waals surface area contributed by atoms with E-state index in [-0.39, 0.29) is 16.4 Å². The van der Waals surface area contributed by atoms with Crippen LogP contribution in [0.15, 0.2) is 47.6 Å². The van der Waals surface area contributed by atoms with Gasteiger partial charge in [-0.05, 0) is 49.7 Å². The van der Waals surface area contributed by atoms with E-state index in [4.69, 9.17) is 27.9 Å². The molecule has 3 rings (SSSR count). The predicted molar refractivity (Wildman–Crippen MR) is 125 cm³/mol. The zero-order valence-electron chi connectivity index (χ0n) is 18.6. The lowest BCUT2D eigenvalue weighted by Gasteiger charge is -2.27. The normalized spacial score (nSPS) is 13.1. The molecule has 0 amide bonds. The number of benzene rings is 1. The summed E-state index contributed by atoms with van der Waals surface area (Å²) in [6.07, 6.45) is -3.55. The van der Waals surface area contributed by atoms with Crippen LogP contribution in [-0.2, 0) is 20.9 Å². The molecule has 0 bridgehead atoms. The van der Waals surface area contributed by atoms with Crippen molar-refractivity contribution in [2.75, 3.05) is 18.1 Å². The van der Waals surface area contributed by atoms with Crippen LogP contribution in [0.3, 0.4) is 0 Å². The topological polar surface area (TPSA) is 92.6 Å². The quantitative estimate of drug-likeness (QED) is 0.402. The molecule has 0 aliphatic heterocycles. The molecule has 1 N–H and O–H groups in total. The number of ether oxygens (including phenoxy) is 1. The summed E-state index contributed by atoms with van der Waals surface area (Å²) in [5, 5.41) is 10.6. The molecule has 3 aromatic rings. The molecule has 35 heavy (non-hydrogen) atoms. The number of methoxy groups -OCH3 is 1. The molecule has 1 atom stereocenters. The minimum atomic E-state index is -4.89. The van der Waals surface area contributed by atoms with Crippen molar-refractivity contribution in [3.63, 3.8) is 0 Å². The van der Waals surface area contributed by atoms with Gasteiger partial charge in [-0.15, -0.1) is 0 Å². The Kier molecular flexibility index (Phi) is 7.97. The maximum absolute atomic E-state index is 13.5. The molecule has 0 aliphatic rings. The molecule has 1 unspecified atom stereocenters. The van der Waals surface area contributed by atoms with E-state index in [0.717, 1.165) is 12.1 Å². The van der Waals surface area contributed by atoms with Gasteiger partial charge >= 0.3 is 6.18 Å². The van der Waals surface area contributed by atoms with Gasteiger partial charge in [-0.25, -0.2) is 12.7 Å². The van der Waals surface area contributed by atoms with E-state index in [2.05, 4.69) is 9.97 Å². The standard InChI is InChI=1S/C22H20Cl2F3N3O4S/c1-12-6-7-28-13(2)19(12)21(31)20-18(8-14(23)10-29-20)30(11-34-3)35(32,33)15-4-5-17(24)16(9-15)22(25,26)27/h4-10,21,31H,11H2,1-3H3. The van der Waals surface area contributed by atoms with Crippen LogP contribution in [0.1, 0.15) is 34.2 Å². The van der Waals surface area contributed by atoms with Crippen molar-refractivity contribution in [3.05, 3.63) is 80.8 Å². The van der Waals surface area contributed by atoms with Gasteiger partial charge in [0.2, 0.25) is 0 Å². The summed E-state index contributed by atoms with van der Waals surface area (Å²) in [4.78, 5) is 7.61. The molecule has 0 saturated heterocycles. The van der Waals surface area contributed by atoms with Gasteiger partial charge in [-0.2, -0.15) is 13.2 Å². The van der Waals surface area contributed by atoms with Gasteiger partial charge in [-0.1, -0.05) is 23.2 Å². The summed E-state index contributed by atoms with van der Waals surface area (Å²) in [5.41, 5.74) is -0.0691. The third-order valence-corrected chi connectivity index (χ3v) is 7.42. The largest absolute Gasteiger partial charge is 0.417 e. The number of rotatable bonds is 7. The lowest BCUT2D eigenvalue weighted by Crippen LogP contribution is -2.34. The molecule has 0 fully saturated rings. The van der Waals surface area contributed by atoms with Gasteiger partial charge in [0, 0.05) is 30.8 Å². The van der Waals surface area contributed by atoms with E-state index < -0.39 is 44.5 Å². The smallest absolute Gasteiger partial charge is 0.382 e. The molecule has 0 aliphatic carbocycles. The summed E-state index contributed by atoms with van der Waals surface area (Å²) in [5.74, 6) is 0. The van der Waals surface area contributed by atoms with Crippen LogP contribution in [0.4, 0.5) is 18.9 Å². The number of nitrogens with zero attached hydrogens (tertiary/aromatic N) is 3. The third kappa shape index (κ3) is 5.54. The number of sulfonamides is 1. The number of aromatic nitrogens is 2. The molecule has 2 heterocycles. The highest BCUT2D eigenvalue weighted by Crippen LogP contribution is 2.39. The fraction of sp³-hybridized carbons (Fsp3) is 0.273. The Hall–Kier alpha value is -2.44. The number of aliphatic hydroxyl groups is 1. The molecule has 1 aromatic carbocycles. The fourth-order valence-corrected chi connectivity index (χ4v) is 5.29. The van der Waals surface area contributed by atoms with E-state index in [9.17, 15) is 26.7 Å². The van der Waals surface area contributed by atoms with Gasteiger partial charge in [-0.3, -0.25) is 9.97 Å². The van der Waals surface area contributed by atoms with Gasteiger partial charge in [0.15, 0.2) is 0 Å². The first kappa shape index (κ1) is 27.2. The highest BCUT2D eigenvalue weighted by molar-refractivity contribution is 7.92. The van der Waals surface area contributed by atoms with Crippen LogP contribution in [-0.4, -0.2) is 37.3 Å². The molecular weight excluding hydrogens is 530 g/mol. The van der Waals surface area contributed by atoms with Gasteiger partial charge < -0.3 is 9.84 Å². The van der Waals surface area contributed by atoms with E-state index >= 15 is 0 Å². The monoisotopic (exact) mass is 549 g/mol.